The van der Waals surface area contributed by atoms with Gasteiger partial charge in [0.15, 0.2) is 6.61 Å². The third kappa shape index (κ3) is 4.44. The lowest BCUT2D eigenvalue weighted by Gasteiger charge is -2.07. The molecule has 2 aromatic carbocycles. The molecule has 22 heavy (non-hydrogen) atoms. The largest absolute Gasteiger partial charge is 0.452 e. The van der Waals surface area contributed by atoms with Gasteiger partial charge in [-0.05, 0) is 42.5 Å². The molecule has 0 aromatic heterocycles. The van der Waals surface area contributed by atoms with Crippen molar-refractivity contribution in [3.8, 4) is 0 Å². The van der Waals surface area contributed by atoms with Crippen LogP contribution < -0.4 is 5.32 Å². The second kappa shape index (κ2) is 7.24. The van der Waals surface area contributed by atoms with Crippen molar-refractivity contribution in [1.82, 2.24) is 0 Å². The number of hydrogen-bond acceptors (Lipinski definition) is 3. The minimum atomic E-state index is -0.944. The van der Waals surface area contributed by atoms with Crippen molar-refractivity contribution < 1.29 is 18.7 Å². The highest BCUT2D eigenvalue weighted by Gasteiger charge is 2.15. The van der Waals surface area contributed by atoms with E-state index in [0.29, 0.717) is 10.7 Å². The van der Waals surface area contributed by atoms with Crippen molar-refractivity contribution in [2.75, 3.05) is 11.9 Å². The summed E-state index contributed by atoms with van der Waals surface area (Å²) in [6.45, 7) is -0.538. The van der Waals surface area contributed by atoms with Gasteiger partial charge in [0.05, 0.1) is 5.56 Å². The topological polar surface area (TPSA) is 55.4 Å². The highest BCUT2D eigenvalue weighted by Crippen LogP contribution is 2.16. The normalized spacial score (nSPS) is 10.1. The average molecular weight is 342 g/mol. The lowest BCUT2D eigenvalue weighted by molar-refractivity contribution is -0.119. The number of nitrogens with one attached hydrogen (secondary N) is 1. The van der Waals surface area contributed by atoms with E-state index in [1.165, 1.54) is 12.1 Å². The van der Waals surface area contributed by atoms with Crippen molar-refractivity contribution in [3.63, 3.8) is 0 Å². The van der Waals surface area contributed by atoms with Gasteiger partial charge in [-0.2, -0.15) is 0 Å². The molecule has 0 saturated carbocycles. The Kier molecular flexibility index (Phi) is 5.35. The smallest absolute Gasteiger partial charge is 0.341 e. The van der Waals surface area contributed by atoms with Crippen LogP contribution in [-0.2, 0) is 9.53 Å². The number of esters is 1. The van der Waals surface area contributed by atoms with Crippen molar-refractivity contribution in [3.05, 3.63) is 63.9 Å². The van der Waals surface area contributed by atoms with Crippen LogP contribution >= 0.6 is 23.2 Å². The summed E-state index contributed by atoms with van der Waals surface area (Å²) < 4.78 is 18.3. The number of anilines is 1. The number of carbonyl (C=O) groups excluding carboxylic acids is 2. The molecule has 2 rings (SSSR count). The molecule has 7 heteroatoms. The predicted octanol–water partition coefficient (Wildman–Crippen LogP) is 3.93. The Bertz CT molecular complexity index is 704. The zero-order valence-corrected chi connectivity index (χ0v) is 12.6. The van der Waals surface area contributed by atoms with E-state index in [0.717, 1.165) is 6.07 Å². The number of hydrogen-bond donors (Lipinski definition) is 1. The highest BCUT2D eigenvalue weighted by atomic mass is 35.5. The predicted molar refractivity (Wildman–Crippen MR) is 81.8 cm³/mol. The van der Waals surface area contributed by atoms with Gasteiger partial charge < -0.3 is 10.1 Å². The molecule has 0 unspecified atom stereocenters. The van der Waals surface area contributed by atoms with E-state index in [1.807, 2.05) is 0 Å². The van der Waals surface area contributed by atoms with Gasteiger partial charge in [-0.15, -0.1) is 0 Å². The van der Waals surface area contributed by atoms with E-state index in [4.69, 9.17) is 27.9 Å². The summed E-state index contributed by atoms with van der Waals surface area (Å²) in [5.74, 6) is -2.30. The molecule has 0 spiro atoms. The molecule has 0 fully saturated rings. The van der Waals surface area contributed by atoms with Crippen molar-refractivity contribution in [2.45, 2.75) is 0 Å². The van der Waals surface area contributed by atoms with Gasteiger partial charge >= 0.3 is 5.97 Å². The molecular formula is C15H10Cl2FNO3. The van der Waals surface area contributed by atoms with E-state index >= 15 is 0 Å². The van der Waals surface area contributed by atoms with Gasteiger partial charge in [0, 0.05) is 15.7 Å². The van der Waals surface area contributed by atoms with E-state index in [-0.39, 0.29) is 10.6 Å². The van der Waals surface area contributed by atoms with Crippen molar-refractivity contribution in [1.29, 1.82) is 0 Å². The van der Waals surface area contributed by atoms with Crippen LogP contribution in [-0.4, -0.2) is 18.5 Å². The molecule has 0 atom stereocenters. The maximum Gasteiger partial charge on any atom is 0.341 e. The highest BCUT2D eigenvalue weighted by molar-refractivity contribution is 6.31. The molecular weight excluding hydrogens is 332 g/mol. The van der Waals surface area contributed by atoms with Crippen LogP contribution in [0.25, 0.3) is 0 Å². The monoisotopic (exact) mass is 341 g/mol. The summed E-state index contributed by atoms with van der Waals surface area (Å²) >= 11 is 11.3. The SMILES string of the molecule is O=C(COC(=O)c1ccc(Cl)cc1F)Nc1ccc(Cl)cc1. The van der Waals surface area contributed by atoms with Crippen LogP contribution in [0.2, 0.25) is 10.0 Å². The molecule has 0 heterocycles. The molecule has 0 aliphatic rings. The quantitative estimate of drug-likeness (QED) is 0.857. The van der Waals surface area contributed by atoms with E-state index in [2.05, 4.69) is 5.32 Å². The van der Waals surface area contributed by atoms with Crippen molar-refractivity contribution >= 4 is 40.8 Å². The van der Waals surface area contributed by atoms with Crippen LogP contribution in [0.1, 0.15) is 10.4 Å². The third-order valence-electron chi connectivity index (χ3n) is 2.61. The Morgan fingerprint density at radius 2 is 1.68 bits per heavy atom. The number of carbonyl (C=O) groups is 2. The van der Waals surface area contributed by atoms with E-state index < -0.39 is 24.3 Å². The molecule has 0 aliphatic heterocycles. The standard InChI is InChI=1S/C15H10Cl2FNO3/c16-9-1-4-11(5-2-9)19-14(20)8-22-15(21)12-6-3-10(17)7-13(12)18/h1-7H,8H2,(H,19,20). The van der Waals surface area contributed by atoms with Crippen molar-refractivity contribution in [2.24, 2.45) is 0 Å². The fourth-order valence-electron chi connectivity index (χ4n) is 1.59. The first kappa shape index (κ1) is 16.3. The maximum absolute atomic E-state index is 13.5. The minimum absolute atomic E-state index is 0.162. The van der Waals surface area contributed by atoms with Crippen LogP contribution in [0, 0.1) is 5.82 Å². The van der Waals surface area contributed by atoms with Gasteiger partial charge in [-0.25, -0.2) is 9.18 Å². The summed E-state index contributed by atoms with van der Waals surface area (Å²) in [7, 11) is 0. The molecule has 1 N–H and O–H groups in total. The summed E-state index contributed by atoms with van der Waals surface area (Å²) in [4.78, 5) is 23.3. The third-order valence-corrected chi connectivity index (χ3v) is 3.10. The molecule has 0 radical (unpaired) electrons. The second-order valence-corrected chi connectivity index (χ2v) is 5.13. The zero-order valence-electron chi connectivity index (χ0n) is 11.1. The molecule has 114 valence electrons. The first-order chi connectivity index (χ1) is 10.5. The molecule has 0 bridgehead atoms. The van der Waals surface area contributed by atoms with Crippen LogP contribution in [0.4, 0.5) is 10.1 Å². The lowest BCUT2D eigenvalue weighted by atomic mass is 10.2. The number of halogens is 3. The van der Waals surface area contributed by atoms with Crippen LogP contribution in [0.5, 0.6) is 0 Å². The minimum Gasteiger partial charge on any atom is -0.452 e. The second-order valence-electron chi connectivity index (χ2n) is 4.26. The maximum atomic E-state index is 13.5. The lowest BCUT2D eigenvalue weighted by Crippen LogP contribution is -2.21. The van der Waals surface area contributed by atoms with Gasteiger partial charge in [-0.1, -0.05) is 23.2 Å². The van der Waals surface area contributed by atoms with Crippen LogP contribution in [0.15, 0.2) is 42.5 Å². The molecule has 0 saturated heterocycles. The summed E-state index contributed by atoms with van der Waals surface area (Å²) in [5.41, 5.74) is 0.215. The summed E-state index contributed by atoms with van der Waals surface area (Å²) in [6.07, 6.45) is 0. The molecule has 4 nitrogen and oxygen atoms in total. The number of amides is 1. The summed E-state index contributed by atoms with van der Waals surface area (Å²) in [6, 6.07) is 9.94. The summed E-state index contributed by atoms with van der Waals surface area (Å²) in [5, 5.41) is 3.20. The Hall–Kier alpha value is -2.11. The van der Waals surface area contributed by atoms with Gasteiger partial charge in [-0.3, -0.25) is 4.79 Å². The Balaban J connectivity index is 1.90. The number of rotatable bonds is 4. The fraction of sp³-hybridized carbons (Fsp3) is 0.0667. The van der Waals surface area contributed by atoms with Gasteiger partial charge in [0.25, 0.3) is 5.91 Å². The van der Waals surface area contributed by atoms with E-state index in [1.54, 1.807) is 24.3 Å². The molecule has 1 amide bonds. The van der Waals surface area contributed by atoms with Crippen LogP contribution in [0.3, 0.4) is 0 Å². The Morgan fingerprint density at radius 1 is 1.05 bits per heavy atom. The van der Waals surface area contributed by atoms with Gasteiger partial charge in [0.1, 0.15) is 5.82 Å². The Labute approximate surface area is 135 Å². The first-order valence-electron chi connectivity index (χ1n) is 6.13. The first-order valence-corrected chi connectivity index (χ1v) is 6.89. The Morgan fingerprint density at radius 3 is 2.32 bits per heavy atom. The number of ether oxygens (including phenoxy) is 1. The molecule has 0 aliphatic carbocycles. The zero-order chi connectivity index (χ0) is 16.1. The van der Waals surface area contributed by atoms with Gasteiger partial charge in [0.2, 0.25) is 0 Å². The fourth-order valence-corrected chi connectivity index (χ4v) is 1.88. The average Bonchev–Trinajstić information content (AvgIpc) is 2.47. The number of benzene rings is 2. The van der Waals surface area contributed by atoms with E-state index in [9.17, 15) is 14.0 Å². The molecule has 2 aromatic rings.